The normalized spacial score (nSPS) is 35.9. The zero-order valence-corrected chi connectivity index (χ0v) is 26.7. The highest BCUT2D eigenvalue weighted by molar-refractivity contribution is 6.01. The Bertz CT molecular complexity index is 1220. The molecule has 5 fully saturated rings. The van der Waals surface area contributed by atoms with Crippen molar-refractivity contribution in [3.8, 4) is 6.07 Å². The van der Waals surface area contributed by atoms with Gasteiger partial charge in [0.2, 0.25) is 23.6 Å². The van der Waals surface area contributed by atoms with Gasteiger partial charge in [0.1, 0.15) is 12.1 Å². The van der Waals surface area contributed by atoms with Gasteiger partial charge in [-0.15, -0.1) is 0 Å². The first kappa shape index (κ1) is 31.6. The molecule has 0 aromatic heterocycles. The molecule has 2 N–H and O–H groups in total. The number of nitrogens with zero attached hydrogens (tertiary/aromatic N) is 3. The molecule has 236 valence electrons. The molecule has 43 heavy (non-hydrogen) atoms. The average Bonchev–Trinajstić information content (AvgIpc) is 3.28. The summed E-state index contributed by atoms with van der Waals surface area (Å²) >= 11 is 0. The number of likely N-dealkylation sites (tertiary alicyclic amines) is 1. The van der Waals surface area contributed by atoms with E-state index in [0.717, 1.165) is 38.5 Å². The number of nitriles is 1. The molecule has 3 aliphatic carbocycles. The quantitative estimate of drug-likeness (QED) is 0.413. The number of hydrogen-bond acceptors (Lipinski definition) is 6. The largest absolute Gasteiger partial charge is 0.378 e. The number of hydrogen-bond donors (Lipinski definition) is 2. The van der Waals surface area contributed by atoms with E-state index in [0.29, 0.717) is 19.5 Å². The number of piperidine rings is 1. The molecule has 3 saturated carbocycles. The van der Waals surface area contributed by atoms with Crippen LogP contribution in [0.3, 0.4) is 0 Å². The van der Waals surface area contributed by atoms with Gasteiger partial charge in [0, 0.05) is 38.2 Å². The Morgan fingerprint density at radius 2 is 1.98 bits per heavy atom. The van der Waals surface area contributed by atoms with Gasteiger partial charge < -0.3 is 20.3 Å². The Morgan fingerprint density at radius 1 is 1.23 bits per heavy atom. The second kappa shape index (κ2) is 11.6. The second-order valence-corrected chi connectivity index (χ2v) is 15.4. The van der Waals surface area contributed by atoms with E-state index in [9.17, 15) is 24.4 Å². The van der Waals surface area contributed by atoms with Gasteiger partial charge in [-0.25, -0.2) is 4.99 Å². The van der Waals surface area contributed by atoms with Crippen molar-refractivity contribution in [3.63, 3.8) is 0 Å². The molecule has 9 atom stereocenters. The molecule has 0 aromatic carbocycles. The van der Waals surface area contributed by atoms with Crippen LogP contribution < -0.4 is 10.6 Å². The van der Waals surface area contributed by atoms with Gasteiger partial charge in [-0.05, 0) is 73.5 Å². The monoisotopic (exact) mass is 595 g/mol. The fourth-order valence-electron chi connectivity index (χ4n) is 8.65. The number of nitrogens with one attached hydrogen (secondary N) is 2. The molecule has 10 heteroatoms. The van der Waals surface area contributed by atoms with Crippen LogP contribution in [0.1, 0.15) is 86.0 Å². The maximum Gasteiger partial charge on any atom is 0.248 e. The predicted molar refractivity (Wildman–Crippen MR) is 160 cm³/mol. The number of methoxy groups -OCH3 is 1. The third-order valence-corrected chi connectivity index (χ3v) is 11.5. The molecule has 0 aromatic rings. The van der Waals surface area contributed by atoms with Crippen molar-refractivity contribution in [1.29, 1.82) is 5.26 Å². The molecule has 4 amide bonds. The lowest BCUT2D eigenvalue weighted by Gasteiger charge is -2.46. The number of rotatable bonds is 8. The minimum atomic E-state index is -0.816. The first-order chi connectivity index (χ1) is 20.2. The lowest BCUT2D eigenvalue weighted by molar-refractivity contribution is -0.144. The van der Waals surface area contributed by atoms with Crippen LogP contribution in [0.2, 0.25) is 0 Å². The molecule has 0 spiro atoms. The summed E-state index contributed by atoms with van der Waals surface area (Å²) in [7, 11) is 1.77. The SMILES string of the molecule is COC12CCCC(C1)C(C(=O)N=CC(C(=O)N1C[C@H]3C([C@H]1C(=O)N[C@H](C#N)C[C@@H]1CCNC1=O)C3(C)C)C(C)(C)C)CC2. The zero-order chi connectivity index (χ0) is 31.3. The van der Waals surface area contributed by atoms with E-state index in [1.54, 1.807) is 12.0 Å². The van der Waals surface area contributed by atoms with Crippen molar-refractivity contribution < 1.29 is 23.9 Å². The van der Waals surface area contributed by atoms with Crippen LogP contribution in [0.25, 0.3) is 0 Å². The molecular formula is C33H49N5O5. The number of aliphatic imine (C=N–C) groups is 1. The Balaban J connectivity index is 1.30. The maximum absolute atomic E-state index is 14.2. The van der Waals surface area contributed by atoms with Crippen molar-refractivity contribution in [2.45, 2.75) is 104 Å². The van der Waals surface area contributed by atoms with E-state index < -0.39 is 23.4 Å². The lowest BCUT2D eigenvalue weighted by Crippen LogP contribution is -2.54. The first-order valence-electron chi connectivity index (χ1n) is 16.1. The Hall–Kier alpha value is -2.80. The van der Waals surface area contributed by atoms with Crippen molar-refractivity contribution in [2.75, 3.05) is 20.2 Å². The van der Waals surface area contributed by atoms with Crippen LogP contribution in [0.4, 0.5) is 0 Å². The van der Waals surface area contributed by atoms with Gasteiger partial charge in [-0.2, -0.15) is 5.26 Å². The van der Waals surface area contributed by atoms with E-state index >= 15 is 0 Å². The maximum atomic E-state index is 14.2. The molecule has 5 aliphatic rings. The number of amides is 4. The van der Waals surface area contributed by atoms with Gasteiger partial charge in [0.05, 0.1) is 17.6 Å². The van der Waals surface area contributed by atoms with E-state index in [4.69, 9.17) is 4.74 Å². The molecule has 10 nitrogen and oxygen atoms in total. The lowest BCUT2D eigenvalue weighted by atomic mass is 9.64. The molecule has 2 heterocycles. The standard InChI is InChI=1S/C33H49N5O5/c1-31(2,3)23(17-36-28(40)22-9-12-33(43-6)11-7-8-20(22)15-33)30(42)38-18-24-25(32(24,4)5)26(38)29(41)37-21(16-34)14-19-10-13-35-27(19)39/h17,19-26H,7-15,18H2,1-6H3,(H,35,39)(H,37,41)/t19-,20?,21-,22?,23?,24-,25?,26-,33?/m0/s1. The van der Waals surface area contributed by atoms with Crippen LogP contribution in [0.15, 0.2) is 4.99 Å². The Morgan fingerprint density at radius 3 is 2.60 bits per heavy atom. The van der Waals surface area contributed by atoms with Crippen LogP contribution in [0.5, 0.6) is 0 Å². The van der Waals surface area contributed by atoms with Crippen LogP contribution >= 0.6 is 0 Å². The number of ether oxygens (including phenoxy) is 1. The van der Waals surface area contributed by atoms with Gasteiger partial charge in [0.25, 0.3) is 0 Å². The summed E-state index contributed by atoms with van der Waals surface area (Å²) in [5.41, 5.74) is -0.731. The second-order valence-electron chi connectivity index (χ2n) is 15.4. The van der Waals surface area contributed by atoms with Gasteiger partial charge >= 0.3 is 0 Å². The third-order valence-electron chi connectivity index (χ3n) is 11.5. The van der Waals surface area contributed by atoms with Gasteiger partial charge in [-0.1, -0.05) is 41.0 Å². The Kier molecular flexibility index (Phi) is 8.54. The van der Waals surface area contributed by atoms with Gasteiger partial charge in [0.15, 0.2) is 0 Å². The fraction of sp³-hybridized carbons (Fsp3) is 0.818. The molecule has 2 bridgehead atoms. The first-order valence-corrected chi connectivity index (χ1v) is 16.1. The van der Waals surface area contributed by atoms with Crippen LogP contribution in [-0.4, -0.2) is 72.6 Å². The summed E-state index contributed by atoms with van der Waals surface area (Å²) in [4.78, 5) is 59.5. The summed E-state index contributed by atoms with van der Waals surface area (Å²) in [6.07, 6.45) is 7.99. The average molecular weight is 596 g/mol. The van der Waals surface area contributed by atoms with E-state index in [2.05, 4.69) is 35.5 Å². The smallest absolute Gasteiger partial charge is 0.248 e. The third kappa shape index (κ3) is 5.99. The molecule has 2 saturated heterocycles. The number of carbonyl (C=O) groups excluding carboxylic acids is 4. The minimum Gasteiger partial charge on any atom is -0.378 e. The number of fused-ring (bicyclic) bond motifs is 3. The molecule has 5 unspecified atom stereocenters. The van der Waals surface area contributed by atoms with Gasteiger partial charge in [-0.3, -0.25) is 19.2 Å². The highest BCUT2D eigenvalue weighted by atomic mass is 16.5. The van der Waals surface area contributed by atoms with Crippen molar-refractivity contribution >= 4 is 29.8 Å². The Labute approximate surface area is 255 Å². The van der Waals surface area contributed by atoms with E-state index in [1.165, 1.54) is 6.21 Å². The van der Waals surface area contributed by atoms with E-state index in [-0.39, 0.29) is 70.7 Å². The summed E-state index contributed by atoms with van der Waals surface area (Å²) in [5.74, 6) is -1.54. The summed E-state index contributed by atoms with van der Waals surface area (Å²) in [5, 5.41) is 15.4. The predicted octanol–water partition coefficient (Wildman–Crippen LogP) is 3.25. The topological polar surface area (TPSA) is 141 Å². The minimum absolute atomic E-state index is 0.0145. The van der Waals surface area contributed by atoms with Crippen molar-refractivity contribution in [2.24, 2.45) is 51.3 Å². The number of carbonyl (C=O) groups is 4. The fourth-order valence-corrected chi connectivity index (χ4v) is 8.65. The highest BCUT2D eigenvalue weighted by Gasteiger charge is 2.69. The summed E-state index contributed by atoms with van der Waals surface area (Å²) in [6, 6.07) is 0.621. The van der Waals surface area contributed by atoms with Crippen molar-refractivity contribution in [3.05, 3.63) is 0 Å². The molecular weight excluding hydrogens is 546 g/mol. The summed E-state index contributed by atoms with van der Waals surface area (Å²) in [6.45, 7) is 11.1. The molecule has 2 aliphatic heterocycles. The highest BCUT2D eigenvalue weighted by Crippen LogP contribution is 2.65. The van der Waals surface area contributed by atoms with Crippen molar-refractivity contribution in [1.82, 2.24) is 15.5 Å². The van der Waals surface area contributed by atoms with Crippen LogP contribution in [-0.2, 0) is 23.9 Å². The van der Waals surface area contributed by atoms with Crippen LogP contribution in [0, 0.1) is 57.7 Å². The summed E-state index contributed by atoms with van der Waals surface area (Å²) < 4.78 is 5.87. The molecule has 0 radical (unpaired) electrons. The van der Waals surface area contributed by atoms with E-state index in [1.807, 2.05) is 20.8 Å². The molecule has 5 rings (SSSR count). The zero-order valence-electron chi connectivity index (χ0n) is 26.7.